The zero-order chi connectivity index (χ0) is 19.5. The molecule has 1 aromatic heterocycles. The van der Waals surface area contributed by atoms with E-state index in [2.05, 4.69) is 9.88 Å². The molecule has 1 atom stereocenters. The van der Waals surface area contributed by atoms with Crippen LogP contribution in [0.2, 0.25) is 5.02 Å². The number of para-hydroxylation sites is 2. The molecule has 0 saturated heterocycles. The molecule has 1 amide bonds. The maximum Gasteiger partial charge on any atom is 0.251 e. The molecule has 3 aromatic carbocycles. The van der Waals surface area contributed by atoms with Gasteiger partial charge in [0.2, 0.25) is 0 Å². The molecule has 1 N–H and O–H groups in total. The Morgan fingerprint density at radius 3 is 2.46 bits per heavy atom. The van der Waals surface area contributed by atoms with Crippen LogP contribution in [0.15, 0.2) is 78.9 Å². The number of nitrogens with one attached hydrogen (secondary N) is 1. The van der Waals surface area contributed by atoms with Crippen molar-refractivity contribution < 1.29 is 4.79 Å². The van der Waals surface area contributed by atoms with E-state index in [4.69, 9.17) is 16.6 Å². The molecule has 0 spiro atoms. The summed E-state index contributed by atoms with van der Waals surface area (Å²) in [5.41, 5.74) is 3.54. The van der Waals surface area contributed by atoms with Gasteiger partial charge in [-0.05, 0) is 42.8 Å². The fourth-order valence-electron chi connectivity index (χ4n) is 3.32. The van der Waals surface area contributed by atoms with Crippen molar-refractivity contribution >= 4 is 28.5 Å². The number of aromatic nitrogens is 2. The molecular formula is C23H20ClN3O. The molecule has 0 aliphatic carbocycles. The van der Waals surface area contributed by atoms with Gasteiger partial charge in [0.25, 0.3) is 5.91 Å². The Hall–Kier alpha value is -3.11. The van der Waals surface area contributed by atoms with Crippen LogP contribution in [0.4, 0.5) is 0 Å². The van der Waals surface area contributed by atoms with Gasteiger partial charge in [-0.2, -0.15) is 0 Å². The van der Waals surface area contributed by atoms with Crippen LogP contribution in [0.5, 0.6) is 0 Å². The van der Waals surface area contributed by atoms with Gasteiger partial charge >= 0.3 is 0 Å². The van der Waals surface area contributed by atoms with Crippen molar-refractivity contribution in [2.24, 2.45) is 0 Å². The Labute approximate surface area is 168 Å². The lowest BCUT2D eigenvalue weighted by molar-refractivity contribution is 0.0938. The van der Waals surface area contributed by atoms with Crippen molar-refractivity contribution in [1.82, 2.24) is 14.9 Å². The zero-order valence-corrected chi connectivity index (χ0v) is 16.2. The van der Waals surface area contributed by atoms with Crippen molar-refractivity contribution in [2.45, 2.75) is 19.5 Å². The number of rotatable bonds is 5. The maximum atomic E-state index is 12.6. The third kappa shape index (κ3) is 3.64. The lowest BCUT2D eigenvalue weighted by Crippen LogP contribution is -2.28. The molecule has 0 aliphatic rings. The van der Waals surface area contributed by atoms with Gasteiger partial charge in [0.05, 0.1) is 23.6 Å². The molecular weight excluding hydrogens is 370 g/mol. The molecule has 4 aromatic rings. The Morgan fingerprint density at radius 2 is 1.68 bits per heavy atom. The Bertz CT molecular complexity index is 1120. The van der Waals surface area contributed by atoms with E-state index in [0.29, 0.717) is 17.1 Å². The standard InChI is InChI=1S/C23H20ClN3O/c1-16(25-23(28)17-9-3-2-4-10-17)22-26-20-13-7-8-14-21(20)27(22)15-18-11-5-6-12-19(18)24/h2-14,16H,15H2,1H3,(H,25,28)/t16-/m0/s1. The van der Waals surface area contributed by atoms with Gasteiger partial charge < -0.3 is 9.88 Å². The highest BCUT2D eigenvalue weighted by Crippen LogP contribution is 2.25. The lowest BCUT2D eigenvalue weighted by atomic mass is 10.2. The minimum absolute atomic E-state index is 0.121. The molecule has 0 fully saturated rings. The zero-order valence-electron chi connectivity index (χ0n) is 15.5. The van der Waals surface area contributed by atoms with Crippen LogP contribution >= 0.6 is 11.6 Å². The van der Waals surface area contributed by atoms with Crippen molar-refractivity contribution in [3.63, 3.8) is 0 Å². The smallest absolute Gasteiger partial charge is 0.251 e. The molecule has 4 nitrogen and oxygen atoms in total. The van der Waals surface area contributed by atoms with Crippen LogP contribution in [0.25, 0.3) is 11.0 Å². The average molecular weight is 390 g/mol. The summed E-state index contributed by atoms with van der Waals surface area (Å²) in [6.07, 6.45) is 0. The number of hydrogen-bond acceptors (Lipinski definition) is 2. The fourth-order valence-corrected chi connectivity index (χ4v) is 3.52. The summed E-state index contributed by atoms with van der Waals surface area (Å²) in [7, 11) is 0. The summed E-state index contributed by atoms with van der Waals surface area (Å²) in [6.45, 7) is 2.53. The summed E-state index contributed by atoms with van der Waals surface area (Å²) >= 11 is 6.39. The van der Waals surface area contributed by atoms with Crippen molar-refractivity contribution in [3.8, 4) is 0 Å². The highest BCUT2D eigenvalue weighted by molar-refractivity contribution is 6.31. The number of amides is 1. The Balaban J connectivity index is 1.70. The first kappa shape index (κ1) is 18.3. The quantitative estimate of drug-likeness (QED) is 0.508. The highest BCUT2D eigenvalue weighted by Gasteiger charge is 2.19. The van der Waals surface area contributed by atoms with Gasteiger partial charge in [0.15, 0.2) is 0 Å². The summed E-state index contributed by atoms with van der Waals surface area (Å²) in [5.74, 6) is 0.676. The van der Waals surface area contributed by atoms with Crippen LogP contribution in [0.3, 0.4) is 0 Å². The molecule has 0 bridgehead atoms. The normalized spacial score (nSPS) is 12.1. The fraction of sp³-hybridized carbons (Fsp3) is 0.130. The van der Waals surface area contributed by atoms with Gasteiger partial charge in [-0.3, -0.25) is 4.79 Å². The first-order valence-corrected chi connectivity index (χ1v) is 9.56. The summed E-state index contributed by atoms with van der Waals surface area (Å²) in [4.78, 5) is 17.4. The first-order valence-electron chi connectivity index (χ1n) is 9.18. The monoisotopic (exact) mass is 389 g/mol. The minimum Gasteiger partial charge on any atom is -0.342 e. The van der Waals surface area contributed by atoms with Gasteiger partial charge in [-0.15, -0.1) is 0 Å². The second-order valence-corrected chi connectivity index (χ2v) is 7.10. The average Bonchev–Trinajstić information content (AvgIpc) is 3.09. The van der Waals surface area contributed by atoms with Crippen LogP contribution in [-0.4, -0.2) is 15.5 Å². The largest absolute Gasteiger partial charge is 0.342 e. The predicted octanol–water partition coefficient (Wildman–Crippen LogP) is 5.23. The second-order valence-electron chi connectivity index (χ2n) is 6.70. The van der Waals surface area contributed by atoms with Crippen LogP contribution in [0.1, 0.15) is 34.7 Å². The van der Waals surface area contributed by atoms with E-state index in [1.807, 2.05) is 73.7 Å². The first-order chi connectivity index (χ1) is 13.6. The molecule has 0 radical (unpaired) electrons. The summed E-state index contributed by atoms with van der Waals surface area (Å²) < 4.78 is 2.12. The predicted molar refractivity (Wildman–Crippen MR) is 113 cm³/mol. The third-order valence-corrected chi connectivity index (χ3v) is 5.11. The topological polar surface area (TPSA) is 46.9 Å². The molecule has 5 heteroatoms. The number of hydrogen-bond donors (Lipinski definition) is 1. The van der Waals surface area contributed by atoms with Gasteiger partial charge in [0, 0.05) is 10.6 Å². The minimum atomic E-state index is -0.261. The van der Waals surface area contributed by atoms with Crippen LogP contribution in [0, 0.1) is 0 Å². The molecule has 140 valence electrons. The number of nitrogens with zero attached hydrogens (tertiary/aromatic N) is 2. The highest BCUT2D eigenvalue weighted by atomic mass is 35.5. The van der Waals surface area contributed by atoms with Crippen molar-refractivity contribution in [2.75, 3.05) is 0 Å². The summed E-state index contributed by atoms with van der Waals surface area (Å²) in [6, 6.07) is 24.7. The molecule has 0 unspecified atom stereocenters. The number of carbonyl (C=O) groups is 1. The van der Waals surface area contributed by atoms with Gasteiger partial charge in [0.1, 0.15) is 5.82 Å². The maximum absolute atomic E-state index is 12.6. The second kappa shape index (κ2) is 7.87. The molecule has 0 aliphatic heterocycles. The van der Waals surface area contributed by atoms with Crippen molar-refractivity contribution in [1.29, 1.82) is 0 Å². The van der Waals surface area contributed by atoms with Crippen LogP contribution in [-0.2, 0) is 6.54 Å². The number of carbonyl (C=O) groups excluding carboxylic acids is 1. The van der Waals surface area contributed by atoms with Crippen molar-refractivity contribution in [3.05, 3.63) is 101 Å². The van der Waals surface area contributed by atoms with E-state index in [0.717, 1.165) is 22.4 Å². The van der Waals surface area contributed by atoms with Crippen LogP contribution < -0.4 is 5.32 Å². The molecule has 1 heterocycles. The summed E-state index contributed by atoms with van der Waals surface area (Å²) in [5, 5.41) is 3.77. The van der Waals surface area contributed by atoms with E-state index in [1.165, 1.54) is 0 Å². The van der Waals surface area contributed by atoms with E-state index in [-0.39, 0.29) is 11.9 Å². The Morgan fingerprint density at radius 1 is 1.00 bits per heavy atom. The van der Waals surface area contributed by atoms with E-state index in [9.17, 15) is 4.79 Å². The van der Waals surface area contributed by atoms with E-state index >= 15 is 0 Å². The number of halogens is 1. The van der Waals surface area contributed by atoms with E-state index < -0.39 is 0 Å². The van der Waals surface area contributed by atoms with Gasteiger partial charge in [-0.1, -0.05) is 60.1 Å². The molecule has 0 saturated carbocycles. The number of fused-ring (bicyclic) bond motifs is 1. The Kier molecular flexibility index (Phi) is 5.13. The number of benzene rings is 3. The van der Waals surface area contributed by atoms with E-state index in [1.54, 1.807) is 12.1 Å². The van der Waals surface area contributed by atoms with Gasteiger partial charge in [-0.25, -0.2) is 4.98 Å². The lowest BCUT2D eigenvalue weighted by Gasteiger charge is -2.17. The number of imidazole rings is 1. The molecule has 28 heavy (non-hydrogen) atoms. The SMILES string of the molecule is C[C@H](NC(=O)c1ccccc1)c1nc2ccccc2n1Cc1ccccc1Cl. The third-order valence-electron chi connectivity index (χ3n) is 4.74. The molecule has 4 rings (SSSR count).